The SMILES string of the molecule is CC(C)N1CC(C(=O)NC2CCN(C(=O)c3ccccc3)CC2)CC1=O. The Morgan fingerprint density at radius 2 is 1.77 bits per heavy atom. The number of benzene rings is 1. The van der Waals surface area contributed by atoms with Gasteiger partial charge >= 0.3 is 0 Å². The molecule has 0 aliphatic carbocycles. The van der Waals surface area contributed by atoms with Crippen LogP contribution in [0.15, 0.2) is 30.3 Å². The zero-order valence-electron chi connectivity index (χ0n) is 15.5. The second-order valence-corrected chi connectivity index (χ2v) is 7.48. The van der Waals surface area contributed by atoms with Crippen molar-refractivity contribution in [2.45, 2.75) is 45.2 Å². The number of carbonyl (C=O) groups excluding carboxylic acids is 3. The fourth-order valence-corrected chi connectivity index (χ4v) is 3.72. The lowest BCUT2D eigenvalue weighted by Gasteiger charge is -2.33. The van der Waals surface area contributed by atoms with Crippen LogP contribution in [0.3, 0.4) is 0 Å². The summed E-state index contributed by atoms with van der Waals surface area (Å²) in [5, 5.41) is 3.08. The minimum absolute atomic E-state index is 0.0330. The maximum atomic E-state index is 12.5. The Morgan fingerprint density at radius 3 is 2.35 bits per heavy atom. The third-order valence-corrected chi connectivity index (χ3v) is 5.30. The molecule has 6 nitrogen and oxygen atoms in total. The summed E-state index contributed by atoms with van der Waals surface area (Å²) >= 11 is 0. The van der Waals surface area contributed by atoms with E-state index in [4.69, 9.17) is 0 Å². The van der Waals surface area contributed by atoms with Crippen molar-refractivity contribution in [1.29, 1.82) is 0 Å². The fourth-order valence-electron chi connectivity index (χ4n) is 3.72. The number of amides is 3. The predicted octanol–water partition coefficient (Wildman–Crippen LogP) is 1.66. The molecule has 2 saturated heterocycles. The van der Waals surface area contributed by atoms with Crippen LogP contribution >= 0.6 is 0 Å². The first-order chi connectivity index (χ1) is 12.5. The van der Waals surface area contributed by atoms with Crippen molar-refractivity contribution in [3.63, 3.8) is 0 Å². The number of carbonyl (C=O) groups is 3. The average molecular weight is 357 g/mol. The molecule has 26 heavy (non-hydrogen) atoms. The van der Waals surface area contributed by atoms with Crippen molar-refractivity contribution in [3.8, 4) is 0 Å². The molecule has 2 aliphatic heterocycles. The van der Waals surface area contributed by atoms with Crippen LogP contribution in [0.1, 0.15) is 43.5 Å². The van der Waals surface area contributed by atoms with Crippen LogP contribution in [0.5, 0.6) is 0 Å². The Morgan fingerprint density at radius 1 is 1.12 bits per heavy atom. The molecular formula is C20H27N3O3. The molecule has 6 heteroatoms. The van der Waals surface area contributed by atoms with Gasteiger partial charge in [-0.05, 0) is 38.8 Å². The number of nitrogens with one attached hydrogen (secondary N) is 1. The summed E-state index contributed by atoms with van der Waals surface area (Å²) in [7, 11) is 0. The van der Waals surface area contributed by atoms with Crippen molar-refractivity contribution >= 4 is 17.7 Å². The lowest BCUT2D eigenvalue weighted by Crippen LogP contribution is -2.48. The first kappa shape index (κ1) is 18.4. The molecule has 2 heterocycles. The predicted molar refractivity (Wildman–Crippen MR) is 98.5 cm³/mol. The van der Waals surface area contributed by atoms with Gasteiger partial charge in [0.2, 0.25) is 11.8 Å². The first-order valence-corrected chi connectivity index (χ1v) is 9.40. The van der Waals surface area contributed by atoms with E-state index in [-0.39, 0.29) is 35.7 Å². The molecule has 3 amide bonds. The number of hydrogen-bond acceptors (Lipinski definition) is 3. The van der Waals surface area contributed by atoms with E-state index in [0.717, 1.165) is 12.8 Å². The standard InChI is InChI=1S/C20H27N3O3/c1-14(2)23-13-16(12-18(23)24)19(25)21-17-8-10-22(11-9-17)20(26)15-6-4-3-5-7-15/h3-7,14,16-17H,8-13H2,1-2H3,(H,21,25). The largest absolute Gasteiger partial charge is 0.353 e. The molecule has 0 radical (unpaired) electrons. The molecule has 2 aliphatic rings. The number of likely N-dealkylation sites (tertiary alicyclic amines) is 2. The van der Waals surface area contributed by atoms with Crippen LogP contribution in [0, 0.1) is 5.92 Å². The quantitative estimate of drug-likeness (QED) is 0.891. The molecule has 0 bridgehead atoms. The summed E-state index contributed by atoms with van der Waals surface area (Å²) in [6.07, 6.45) is 1.80. The lowest BCUT2D eigenvalue weighted by atomic mass is 10.0. The van der Waals surface area contributed by atoms with Gasteiger partial charge in [-0.1, -0.05) is 18.2 Å². The molecule has 140 valence electrons. The number of nitrogens with zero attached hydrogens (tertiary/aromatic N) is 2. The topological polar surface area (TPSA) is 69.7 Å². The van der Waals surface area contributed by atoms with Crippen LogP contribution in [0.25, 0.3) is 0 Å². The van der Waals surface area contributed by atoms with Crippen LogP contribution in [-0.2, 0) is 9.59 Å². The van der Waals surface area contributed by atoms with Gasteiger partial charge in [0.1, 0.15) is 0 Å². The Kier molecular flexibility index (Phi) is 5.59. The monoisotopic (exact) mass is 357 g/mol. The Labute approximate surface area is 154 Å². The minimum Gasteiger partial charge on any atom is -0.353 e. The zero-order chi connectivity index (χ0) is 18.7. The van der Waals surface area contributed by atoms with Crippen molar-refractivity contribution in [2.75, 3.05) is 19.6 Å². The van der Waals surface area contributed by atoms with Gasteiger partial charge in [0.05, 0.1) is 5.92 Å². The number of rotatable bonds is 4. The molecule has 1 atom stereocenters. The Bertz CT molecular complexity index is 666. The van der Waals surface area contributed by atoms with Gasteiger partial charge in [0.25, 0.3) is 5.91 Å². The maximum absolute atomic E-state index is 12.5. The molecule has 1 aromatic carbocycles. The van der Waals surface area contributed by atoms with E-state index in [0.29, 0.717) is 31.6 Å². The molecule has 0 aromatic heterocycles. The first-order valence-electron chi connectivity index (χ1n) is 9.40. The van der Waals surface area contributed by atoms with E-state index in [2.05, 4.69) is 5.32 Å². The van der Waals surface area contributed by atoms with Crippen molar-refractivity contribution in [2.24, 2.45) is 5.92 Å². The van der Waals surface area contributed by atoms with Gasteiger partial charge < -0.3 is 15.1 Å². The van der Waals surface area contributed by atoms with Crippen LogP contribution in [0.4, 0.5) is 0 Å². The number of hydrogen-bond donors (Lipinski definition) is 1. The van der Waals surface area contributed by atoms with Gasteiger partial charge in [0, 0.05) is 43.7 Å². The molecule has 1 aromatic rings. The third-order valence-electron chi connectivity index (χ3n) is 5.30. The van der Waals surface area contributed by atoms with E-state index < -0.39 is 0 Å². The van der Waals surface area contributed by atoms with Crippen molar-refractivity contribution in [3.05, 3.63) is 35.9 Å². The van der Waals surface area contributed by atoms with Crippen molar-refractivity contribution in [1.82, 2.24) is 15.1 Å². The summed E-state index contributed by atoms with van der Waals surface area (Å²) in [5.74, 6) is -0.184. The molecule has 0 spiro atoms. The summed E-state index contributed by atoms with van der Waals surface area (Å²) in [6, 6.07) is 9.49. The smallest absolute Gasteiger partial charge is 0.253 e. The summed E-state index contributed by atoms with van der Waals surface area (Å²) in [6.45, 7) is 5.73. The summed E-state index contributed by atoms with van der Waals surface area (Å²) in [5.41, 5.74) is 0.702. The molecule has 3 rings (SSSR count). The molecular weight excluding hydrogens is 330 g/mol. The Balaban J connectivity index is 1.48. The van der Waals surface area contributed by atoms with E-state index in [9.17, 15) is 14.4 Å². The van der Waals surface area contributed by atoms with E-state index >= 15 is 0 Å². The molecule has 1 N–H and O–H groups in total. The number of piperidine rings is 1. The molecule has 0 saturated carbocycles. The Hall–Kier alpha value is -2.37. The van der Waals surface area contributed by atoms with E-state index in [1.165, 1.54) is 0 Å². The fraction of sp³-hybridized carbons (Fsp3) is 0.550. The van der Waals surface area contributed by atoms with Crippen LogP contribution in [0.2, 0.25) is 0 Å². The minimum atomic E-state index is -0.256. The second kappa shape index (κ2) is 7.89. The zero-order valence-corrected chi connectivity index (χ0v) is 15.5. The van der Waals surface area contributed by atoms with E-state index in [1.54, 1.807) is 4.90 Å². The maximum Gasteiger partial charge on any atom is 0.253 e. The van der Waals surface area contributed by atoms with Gasteiger partial charge in [0.15, 0.2) is 0 Å². The third kappa shape index (κ3) is 4.06. The van der Waals surface area contributed by atoms with Crippen LogP contribution in [-0.4, -0.2) is 59.2 Å². The molecule has 1 unspecified atom stereocenters. The highest BCUT2D eigenvalue weighted by Gasteiger charge is 2.36. The second-order valence-electron chi connectivity index (χ2n) is 7.48. The van der Waals surface area contributed by atoms with Crippen molar-refractivity contribution < 1.29 is 14.4 Å². The average Bonchev–Trinajstić information content (AvgIpc) is 3.05. The van der Waals surface area contributed by atoms with E-state index in [1.807, 2.05) is 49.1 Å². The van der Waals surface area contributed by atoms with Gasteiger partial charge in [-0.25, -0.2) is 0 Å². The van der Waals surface area contributed by atoms with Gasteiger partial charge in [-0.2, -0.15) is 0 Å². The molecule has 2 fully saturated rings. The van der Waals surface area contributed by atoms with Crippen LogP contribution < -0.4 is 5.32 Å². The highest BCUT2D eigenvalue weighted by Crippen LogP contribution is 2.21. The summed E-state index contributed by atoms with van der Waals surface area (Å²) < 4.78 is 0. The van der Waals surface area contributed by atoms with Gasteiger partial charge in [-0.3, -0.25) is 14.4 Å². The highest BCUT2D eigenvalue weighted by atomic mass is 16.2. The lowest BCUT2D eigenvalue weighted by molar-refractivity contribution is -0.130. The van der Waals surface area contributed by atoms with Gasteiger partial charge in [-0.15, -0.1) is 0 Å². The normalized spacial score (nSPS) is 21.3. The summed E-state index contributed by atoms with van der Waals surface area (Å²) in [4.78, 5) is 40.6. The highest BCUT2D eigenvalue weighted by molar-refractivity contribution is 5.94.